The summed E-state index contributed by atoms with van der Waals surface area (Å²) >= 11 is 0. The molecule has 0 spiro atoms. The molecule has 2 nitrogen and oxygen atoms in total. The first kappa shape index (κ1) is 12.3. The van der Waals surface area contributed by atoms with Gasteiger partial charge in [-0.05, 0) is 62.7 Å². The van der Waals surface area contributed by atoms with Crippen molar-refractivity contribution in [3.63, 3.8) is 0 Å². The van der Waals surface area contributed by atoms with E-state index in [4.69, 9.17) is 0 Å². The molecule has 4 bridgehead atoms. The lowest BCUT2D eigenvalue weighted by Crippen LogP contribution is -2.53. The van der Waals surface area contributed by atoms with E-state index >= 15 is 0 Å². The Kier molecular flexibility index (Phi) is 2.62. The molecule has 0 aliphatic heterocycles. The van der Waals surface area contributed by atoms with Gasteiger partial charge in [-0.1, -0.05) is 19.4 Å². The van der Waals surface area contributed by atoms with Gasteiger partial charge in [0.15, 0.2) is 0 Å². The predicted octanol–water partition coefficient (Wildman–Crippen LogP) is 4.01. The van der Waals surface area contributed by atoms with Gasteiger partial charge in [0.1, 0.15) is 0 Å². The third-order valence-electron chi connectivity index (χ3n) is 6.02. The largest absolute Gasteiger partial charge is 0.478 e. The molecule has 2 atom stereocenters. The van der Waals surface area contributed by atoms with Crippen LogP contribution in [0.15, 0.2) is 11.6 Å². The summed E-state index contributed by atoms with van der Waals surface area (Å²) in [6.07, 6.45) is 10.6. The summed E-state index contributed by atoms with van der Waals surface area (Å²) in [7, 11) is 0. The van der Waals surface area contributed by atoms with Crippen LogP contribution in [0.4, 0.5) is 0 Å². The first-order valence-electron chi connectivity index (χ1n) is 7.43. The second-order valence-electron chi connectivity index (χ2n) is 7.10. The minimum absolute atomic E-state index is 0.0146. The van der Waals surface area contributed by atoms with E-state index in [2.05, 4.69) is 6.92 Å². The molecule has 2 heteroatoms. The maximum Gasteiger partial charge on any atom is 0.331 e. The van der Waals surface area contributed by atoms with Gasteiger partial charge in [0.05, 0.1) is 0 Å². The Labute approximate surface area is 109 Å². The summed E-state index contributed by atoms with van der Waals surface area (Å²) in [5.74, 6) is 0.909. The Morgan fingerprint density at radius 1 is 1.28 bits per heavy atom. The molecule has 2 unspecified atom stereocenters. The Hall–Kier alpha value is -0.790. The summed E-state index contributed by atoms with van der Waals surface area (Å²) < 4.78 is 0. The molecule has 0 amide bonds. The Balaban J connectivity index is 2.01. The molecule has 4 aliphatic carbocycles. The van der Waals surface area contributed by atoms with Crippen molar-refractivity contribution in [1.82, 2.24) is 0 Å². The molecule has 0 aromatic rings. The highest BCUT2D eigenvalue weighted by atomic mass is 16.4. The number of aliphatic carboxylic acids is 1. The second kappa shape index (κ2) is 3.85. The van der Waals surface area contributed by atoms with Gasteiger partial charge in [0.25, 0.3) is 0 Å². The van der Waals surface area contributed by atoms with Crippen molar-refractivity contribution < 1.29 is 9.90 Å². The van der Waals surface area contributed by atoms with Crippen LogP contribution in [-0.4, -0.2) is 11.1 Å². The van der Waals surface area contributed by atoms with E-state index in [0.29, 0.717) is 5.41 Å². The van der Waals surface area contributed by atoms with E-state index in [-0.39, 0.29) is 5.41 Å². The predicted molar refractivity (Wildman–Crippen MR) is 71.2 cm³/mol. The van der Waals surface area contributed by atoms with Gasteiger partial charge in [-0.15, -0.1) is 0 Å². The van der Waals surface area contributed by atoms with Gasteiger partial charge in [-0.3, -0.25) is 0 Å². The van der Waals surface area contributed by atoms with Crippen LogP contribution in [-0.2, 0) is 4.79 Å². The molecule has 4 aliphatic rings. The highest BCUT2D eigenvalue weighted by Crippen LogP contribution is 2.68. The molecule has 0 aromatic carbocycles. The number of rotatable bonds is 3. The maximum absolute atomic E-state index is 11.6. The quantitative estimate of drug-likeness (QED) is 0.766. The zero-order valence-corrected chi connectivity index (χ0v) is 11.5. The summed E-state index contributed by atoms with van der Waals surface area (Å²) in [6.45, 7) is 4.21. The Bertz CT molecular complexity index is 393. The summed E-state index contributed by atoms with van der Waals surface area (Å²) in [6, 6.07) is 0. The van der Waals surface area contributed by atoms with Gasteiger partial charge in [0.2, 0.25) is 0 Å². The van der Waals surface area contributed by atoms with Crippen LogP contribution >= 0.6 is 0 Å². The molecule has 0 radical (unpaired) electrons. The Morgan fingerprint density at radius 3 is 2.33 bits per heavy atom. The van der Waals surface area contributed by atoms with Crippen molar-refractivity contribution in [3.05, 3.63) is 11.6 Å². The van der Waals surface area contributed by atoms with Gasteiger partial charge >= 0.3 is 5.97 Å². The van der Waals surface area contributed by atoms with Gasteiger partial charge in [-0.2, -0.15) is 0 Å². The maximum atomic E-state index is 11.6. The van der Waals surface area contributed by atoms with Crippen LogP contribution in [0, 0.1) is 22.7 Å². The standard InChI is InChI=1S/C16H24O2/c1-3-13(14(17)18)16-8-11-5-12(9-16)7-15(4-2,6-11)10-16/h3,11-12H,4-10H2,1-2H3,(H,17,18). The van der Waals surface area contributed by atoms with Crippen molar-refractivity contribution in [1.29, 1.82) is 0 Å². The molecule has 4 fully saturated rings. The zero-order valence-electron chi connectivity index (χ0n) is 11.5. The van der Waals surface area contributed by atoms with E-state index in [9.17, 15) is 9.90 Å². The number of hydrogen-bond acceptors (Lipinski definition) is 1. The van der Waals surface area contributed by atoms with E-state index in [1.165, 1.54) is 25.7 Å². The average molecular weight is 248 g/mol. The molecule has 1 N–H and O–H groups in total. The smallest absolute Gasteiger partial charge is 0.331 e. The van der Waals surface area contributed by atoms with Crippen LogP contribution in [0.1, 0.15) is 58.8 Å². The summed E-state index contributed by atoms with van der Waals surface area (Å²) in [4.78, 5) is 11.6. The lowest BCUT2D eigenvalue weighted by molar-refractivity contribution is -0.140. The van der Waals surface area contributed by atoms with Crippen molar-refractivity contribution in [2.45, 2.75) is 58.8 Å². The zero-order chi connectivity index (χ0) is 13.0. The normalized spacial score (nSPS) is 46.4. The molecule has 18 heavy (non-hydrogen) atoms. The minimum Gasteiger partial charge on any atom is -0.478 e. The fraction of sp³-hybridized carbons (Fsp3) is 0.812. The van der Waals surface area contributed by atoms with Gasteiger partial charge in [0, 0.05) is 11.0 Å². The van der Waals surface area contributed by atoms with E-state index in [1.54, 1.807) is 0 Å². The first-order chi connectivity index (χ1) is 8.52. The van der Waals surface area contributed by atoms with Crippen LogP contribution in [0.3, 0.4) is 0 Å². The second-order valence-corrected chi connectivity index (χ2v) is 7.10. The molecule has 0 heterocycles. The number of hydrogen-bond donors (Lipinski definition) is 1. The highest BCUT2D eigenvalue weighted by Gasteiger charge is 2.58. The number of carbonyl (C=O) groups is 1. The Morgan fingerprint density at radius 2 is 1.89 bits per heavy atom. The lowest BCUT2D eigenvalue weighted by atomic mass is 9.42. The van der Waals surface area contributed by atoms with E-state index < -0.39 is 5.97 Å². The monoisotopic (exact) mass is 248 g/mol. The topological polar surface area (TPSA) is 37.3 Å². The molecule has 0 aromatic heterocycles. The van der Waals surface area contributed by atoms with Crippen LogP contribution < -0.4 is 0 Å². The molecular weight excluding hydrogens is 224 g/mol. The number of carboxylic acid groups (broad SMARTS) is 1. The van der Waals surface area contributed by atoms with E-state index in [1.807, 2.05) is 13.0 Å². The lowest BCUT2D eigenvalue weighted by Gasteiger charge is -2.62. The first-order valence-corrected chi connectivity index (χ1v) is 7.43. The highest BCUT2D eigenvalue weighted by molar-refractivity contribution is 5.88. The van der Waals surface area contributed by atoms with Crippen molar-refractivity contribution in [2.75, 3.05) is 0 Å². The molecular formula is C16H24O2. The van der Waals surface area contributed by atoms with Crippen molar-refractivity contribution in [3.8, 4) is 0 Å². The number of allylic oxidation sites excluding steroid dienone is 1. The fourth-order valence-corrected chi connectivity index (χ4v) is 5.84. The third kappa shape index (κ3) is 1.57. The minimum atomic E-state index is -0.675. The van der Waals surface area contributed by atoms with Crippen LogP contribution in [0.5, 0.6) is 0 Å². The van der Waals surface area contributed by atoms with E-state index in [0.717, 1.165) is 36.7 Å². The van der Waals surface area contributed by atoms with Gasteiger partial charge in [-0.25, -0.2) is 4.79 Å². The number of carboxylic acids is 1. The molecule has 4 rings (SSSR count). The van der Waals surface area contributed by atoms with Crippen LogP contribution in [0.25, 0.3) is 0 Å². The summed E-state index contributed by atoms with van der Waals surface area (Å²) in [5, 5.41) is 9.52. The molecule has 4 saturated carbocycles. The molecule has 100 valence electrons. The third-order valence-corrected chi connectivity index (χ3v) is 6.02. The fourth-order valence-electron chi connectivity index (χ4n) is 5.84. The molecule has 0 saturated heterocycles. The van der Waals surface area contributed by atoms with Crippen molar-refractivity contribution >= 4 is 5.97 Å². The van der Waals surface area contributed by atoms with Crippen molar-refractivity contribution in [2.24, 2.45) is 22.7 Å². The SMILES string of the molecule is CC=C(C(=O)O)C12CC3CC(CC(CC)(C3)C1)C2. The van der Waals surface area contributed by atoms with Gasteiger partial charge < -0.3 is 5.11 Å². The average Bonchev–Trinajstić information content (AvgIpc) is 2.27. The summed E-state index contributed by atoms with van der Waals surface area (Å²) in [5.41, 5.74) is 1.20. The van der Waals surface area contributed by atoms with Crippen LogP contribution in [0.2, 0.25) is 0 Å².